The first-order chi connectivity index (χ1) is 9.03. The van der Waals surface area contributed by atoms with Gasteiger partial charge in [-0.1, -0.05) is 18.6 Å². The Labute approximate surface area is 118 Å². The Balaban J connectivity index is 2.07. The first-order valence-corrected chi connectivity index (χ1v) is 8.45. The van der Waals surface area contributed by atoms with Crippen molar-refractivity contribution in [2.45, 2.75) is 30.4 Å². The summed E-state index contributed by atoms with van der Waals surface area (Å²) in [6.45, 7) is 0. The molecular formula is C13H16ClNO3S. The number of hydrogen-bond donors (Lipinski definition) is 1. The molecule has 19 heavy (non-hydrogen) atoms. The van der Waals surface area contributed by atoms with Gasteiger partial charge in [-0.05, 0) is 30.5 Å². The van der Waals surface area contributed by atoms with E-state index in [0.717, 1.165) is 12.0 Å². The van der Waals surface area contributed by atoms with Gasteiger partial charge in [0.1, 0.15) is 5.25 Å². The van der Waals surface area contributed by atoms with Gasteiger partial charge in [0.15, 0.2) is 9.84 Å². The standard InChI is InChI=1S/C13H16ClNO3S/c14-9-10-4-6-11(7-5-10)15-13(16)12-3-1-2-8-19(12,17)18/h4-7,12H,1-3,8-9H2,(H,15,16). The zero-order valence-electron chi connectivity index (χ0n) is 10.4. The molecule has 4 nitrogen and oxygen atoms in total. The zero-order chi connectivity index (χ0) is 13.9. The molecule has 1 atom stereocenters. The molecule has 2 rings (SSSR count). The van der Waals surface area contributed by atoms with Gasteiger partial charge in [-0.25, -0.2) is 8.42 Å². The maximum Gasteiger partial charge on any atom is 0.242 e. The van der Waals surface area contributed by atoms with E-state index in [0.29, 0.717) is 24.4 Å². The van der Waals surface area contributed by atoms with Crippen LogP contribution in [0.2, 0.25) is 0 Å². The summed E-state index contributed by atoms with van der Waals surface area (Å²) < 4.78 is 23.7. The van der Waals surface area contributed by atoms with E-state index in [2.05, 4.69) is 5.32 Å². The van der Waals surface area contributed by atoms with Gasteiger partial charge in [0.05, 0.1) is 5.75 Å². The SMILES string of the molecule is O=C(Nc1ccc(CCl)cc1)C1CCCCS1(=O)=O. The Bertz CT molecular complexity index is 554. The number of amides is 1. The highest BCUT2D eigenvalue weighted by Crippen LogP contribution is 2.21. The third kappa shape index (κ3) is 3.48. The molecule has 0 aliphatic carbocycles. The minimum atomic E-state index is -3.29. The molecule has 1 aromatic carbocycles. The van der Waals surface area contributed by atoms with Gasteiger partial charge >= 0.3 is 0 Å². The predicted molar refractivity (Wildman–Crippen MR) is 76.1 cm³/mol. The van der Waals surface area contributed by atoms with Gasteiger partial charge in [-0.15, -0.1) is 11.6 Å². The second-order valence-electron chi connectivity index (χ2n) is 4.67. The van der Waals surface area contributed by atoms with E-state index in [-0.39, 0.29) is 5.75 Å². The van der Waals surface area contributed by atoms with Crippen molar-refractivity contribution >= 4 is 33.0 Å². The van der Waals surface area contributed by atoms with Gasteiger partial charge in [0, 0.05) is 11.6 Å². The van der Waals surface area contributed by atoms with Gasteiger partial charge in [-0.3, -0.25) is 4.79 Å². The number of halogens is 1. The second kappa shape index (κ2) is 5.92. The molecule has 1 amide bonds. The molecule has 0 spiro atoms. The molecular weight excluding hydrogens is 286 g/mol. The summed E-state index contributed by atoms with van der Waals surface area (Å²) in [5, 5.41) is 1.75. The van der Waals surface area contributed by atoms with Crippen LogP contribution in [-0.4, -0.2) is 25.3 Å². The van der Waals surface area contributed by atoms with Crippen LogP contribution >= 0.6 is 11.6 Å². The smallest absolute Gasteiger partial charge is 0.242 e. The van der Waals surface area contributed by atoms with Gasteiger partial charge in [0.25, 0.3) is 0 Å². The number of rotatable bonds is 3. The molecule has 1 aliphatic heterocycles. The van der Waals surface area contributed by atoms with Crippen molar-refractivity contribution in [1.82, 2.24) is 0 Å². The van der Waals surface area contributed by atoms with Crippen molar-refractivity contribution < 1.29 is 13.2 Å². The average molecular weight is 302 g/mol. The molecule has 1 N–H and O–H groups in total. The lowest BCUT2D eigenvalue weighted by Crippen LogP contribution is -2.39. The Morgan fingerprint density at radius 3 is 2.53 bits per heavy atom. The van der Waals surface area contributed by atoms with Crippen LogP contribution in [-0.2, 0) is 20.5 Å². The highest BCUT2D eigenvalue weighted by atomic mass is 35.5. The molecule has 0 radical (unpaired) electrons. The Morgan fingerprint density at radius 2 is 1.95 bits per heavy atom. The van der Waals surface area contributed by atoms with Crippen molar-refractivity contribution in [1.29, 1.82) is 0 Å². The highest BCUT2D eigenvalue weighted by molar-refractivity contribution is 7.92. The van der Waals surface area contributed by atoms with E-state index >= 15 is 0 Å². The predicted octanol–water partition coefficient (Wildman–Crippen LogP) is 2.33. The third-order valence-corrected chi connectivity index (χ3v) is 5.73. The summed E-state index contributed by atoms with van der Waals surface area (Å²) in [7, 11) is -3.29. The lowest BCUT2D eigenvalue weighted by Gasteiger charge is -2.21. The van der Waals surface area contributed by atoms with Crippen LogP contribution in [0.3, 0.4) is 0 Å². The first-order valence-electron chi connectivity index (χ1n) is 6.20. The summed E-state index contributed by atoms with van der Waals surface area (Å²) in [5.74, 6) is 0.0833. The van der Waals surface area contributed by atoms with E-state index in [4.69, 9.17) is 11.6 Å². The van der Waals surface area contributed by atoms with Gasteiger partial charge < -0.3 is 5.32 Å². The summed E-state index contributed by atoms with van der Waals surface area (Å²) in [6, 6.07) is 7.06. The van der Waals surface area contributed by atoms with Crippen LogP contribution in [0.1, 0.15) is 24.8 Å². The minimum Gasteiger partial charge on any atom is -0.325 e. The maximum atomic E-state index is 12.0. The van der Waals surface area contributed by atoms with Crippen LogP contribution in [0.4, 0.5) is 5.69 Å². The lowest BCUT2D eigenvalue weighted by molar-refractivity contribution is -0.116. The van der Waals surface area contributed by atoms with Crippen LogP contribution in [0, 0.1) is 0 Å². The van der Waals surface area contributed by atoms with Gasteiger partial charge in [0.2, 0.25) is 5.91 Å². The minimum absolute atomic E-state index is 0.107. The Kier molecular flexibility index (Phi) is 4.47. The summed E-state index contributed by atoms with van der Waals surface area (Å²) >= 11 is 5.68. The number of carbonyl (C=O) groups excluding carboxylic acids is 1. The molecule has 6 heteroatoms. The Hall–Kier alpha value is -1.07. The van der Waals surface area contributed by atoms with Crippen LogP contribution in [0.15, 0.2) is 24.3 Å². The van der Waals surface area contributed by atoms with Crippen molar-refractivity contribution in [3.8, 4) is 0 Å². The normalized spacial score (nSPS) is 21.8. The fourth-order valence-electron chi connectivity index (χ4n) is 2.15. The van der Waals surface area contributed by atoms with Crippen molar-refractivity contribution in [2.75, 3.05) is 11.1 Å². The molecule has 1 saturated heterocycles. The van der Waals surface area contributed by atoms with Crippen LogP contribution < -0.4 is 5.32 Å². The number of benzene rings is 1. The van der Waals surface area contributed by atoms with Crippen molar-refractivity contribution in [3.63, 3.8) is 0 Å². The maximum absolute atomic E-state index is 12.0. The monoisotopic (exact) mass is 301 g/mol. The molecule has 0 bridgehead atoms. The number of anilines is 1. The molecule has 0 aromatic heterocycles. The molecule has 1 aromatic rings. The fourth-order valence-corrected chi connectivity index (χ4v) is 4.13. The first kappa shape index (κ1) is 14.3. The van der Waals surface area contributed by atoms with E-state index in [1.807, 2.05) is 0 Å². The summed E-state index contributed by atoms with van der Waals surface area (Å²) in [4.78, 5) is 12.0. The number of carbonyl (C=O) groups is 1. The fraction of sp³-hybridized carbons (Fsp3) is 0.462. The quantitative estimate of drug-likeness (QED) is 0.872. The second-order valence-corrected chi connectivity index (χ2v) is 7.24. The zero-order valence-corrected chi connectivity index (χ0v) is 12.0. The molecule has 1 heterocycles. The molecule has 1 fully saturated rings. The number of hydrogen-bond acceptors (Lipinski definition) is 3. The van der Waals surface area contributed by atoms with E-state index in [9.17, 15) is 13.2 Å². The molecule has 1 aliphatic rings. The number of nitrogens with one attached hydrogen (secondary N) is 1. The van der Waals surface area contributed by atoms with Crippen LogP contribution in [0.5, 0.6) is 0 Å². The summed E-state index contributed by atoms with van der Waals surface area (Å²) in [5.41, 5.74) is 1.55. The third-order valence-electron chi connectivity index (χ3n) is 3.25. The van der Waals surface area contributed by atoms with E-state index in [1.165, 1.54) is 0 Å². The van der Waals surface area contributed by atoms with Gasteiger partial charge in [-0.2, -0.15) is 0 Å². The number of sulfone groups is 1. The largest absolute Gasteiger partial charge is 0.325 e. The average Bonchev–Trinajstić information content (AvgIpc) is 2.39. The molecule has 0 saturated carbocycles. The lowest BCUT2D eigenvalue weighted by atomic mass is 10.1. The van der Waals surface area contributed by atoms with Crippen LogP contribution in [0.25, 0.3) is 0 Å². The summed E-state index contributed by atoms with van der Waals surface area (Å²) in [6.07, 6.45) is 1.84. The highest BCUT2D eigenvalue weighted by Gasteiger charge is 2.34. The molecule has 1 unspecified atom stereocenters. The van der Waals surface area contributed by atoms with E-state index in [1.54, 1.807) is 24.3 Å². The van der Waals surface area contributed by atoms with Crippen molar-refractivity contribution in [3.05, 3.63) is 29.8 Å². The number of alkyl halides is 1. The topological polar surface area (TPSA) is 63.2 Å². The molecule has 104 valence electrons. The Morgan fingerprint density at radius 1 is 1.26 bits per heavy atom. The van der Waals surface area contributed by atoms with E-state index < -0.39 is 21.0 Å². The van der Waals surface area contributed by atoms with Crippen molar-refractivity contribution in [2.24, 2.45) is 0 Å².